The summed E-state index contributed by atoms with van der Waals surface area (Å²) in [5.41, 5.74) is 1.06. The number of hydrogen-bond acceptors (Lipinski definition) is 3. The van der Waals surface area contributed by atoms with E-state index in [-0.39, 0.29) is 11.7 Å². The Kier molecular flexibility index (Phi) is 2.93. The molecule has 1 aromatic rings. The van der Waals surface area contributed by atoms with Gasteiger partial charge < -0.3 is 4.90 Å². The maximum atomic E-state index is 12.9. The van der Waals surface area contributed by atoms with Crippen molar-refractivity contribution in [2.45, 2.75) is 63.2 Å². The molecule has 3 atom stereocenters. The minimum Gasteiger partial charge on any atom is -0.318 e. The highest BCUT2D eigenvalue weighted by Gasteiger charge is 2.60. The Bertz CT molecular complexity index is 509. The third-order valence-electron chi connectivity index (χ3n) is 5.37. The van der Waals surface area contributed by atoms with Gasteiger partial charge in [-0.05, 0) is 54.0 Å². The van der Waals surface area contributed by atoms with Crippen LogP contribution in [0.2, 0.25) is 0 Å². The zero-order chi connectivity index (χ0) is 13.7. The quantitative estimate of drug-likeness (QED) is 0.906. The van der Waals surface area contributed by atoms with Crippen LogP contribution in [0.5, 0.6) is 0 Å². The monoisotopic (exact) mass is 290 g/mol. The molecular formula is C16H22N2OS. The average molecular weight is 290 g/mol. The summed E-state index contributed by atoms with van der Waals surface area (Å²) in [6.45, 7) is 2.32. The molecule has 4 rings (SSSR count). The van der Waals surface area contributed by atoms with Gasteiger partial charge in [-0.3, -0.25) is 10.1 Å². The lowest BCUT2D eigenvalue weighted by atomic mass is 9.84. The molecule has 1 aromatic heterocycles. The van der Waals surface area contributed by atoms with Crippen molar-refractivity contribution in [2.75, 3.05) is 0 Å². The Morgan fingerprint density at radius 3 is 2.80 bits per heavy atom. The second kappa shape index (κ2) is 4.57. The number of amides is 1. The van der Waals surface area contributed by atoms with Crippen molar-refractivity contribution in [3.8, 4) is 0 Å². The van der Waals surface area contributed by atoms with E-state index >= 15 is 0 Å². The smallest absolute Gasteiger partial charge is 0.244 e. The van der Waals surface area contributed by atoms with Gasteiger partial charge in [-0.25, -0.2) is 0 Å². The summed E-state index contributed by atoms with van der Waals surface area (Å²) >= 11 is 1.72. The Morgan fingerprint density at radius 1 is 1.35 bits per heavy atom. The molecule has 3 nitrogen and oxygen atoms in total. The second-order valence-electron chi connectivity index (χ2n) is 6.73. The average Bonchev–Trinajstić information content (AvgIpc) is 2.93. The van der Waals surface area contributed by atoms with Gasteiger partial charge in [0.15, 0.2) is 0 Å². The molecular weight excluding hydrogens is 268 g/mol. The van der Waals surface area contributed by atoms with Crippen LogP contribution in [-0.2, 0) is 4.79 Å². The van der Waals surface area contributed by atoms with Crippen LogP contribution in [0.3, 0.4) is 0 Å². The van der Waals surface area contributed by atoms with E-state index in [2.05, 4.69) is 34.0 Å². The number of carbonyl (C=O) groups is 1. The fourth-order valence-electron chi connectivity index (χ4n) is 3.97. The van der Waals surface area contributed by atoms with Gasteiger partial charge in [-0.2, -0.15) is 11.3 Å². The Hall–Kier alpha value is -0.870. The number of hydrogen-bond donors (Lipinski definition) is 1. The first-order valence-electron chi connectivity index (χ1n) is 7.84. The Labute approximate surface area is 124 Å². The molecule has 1 amide bonds. The van der Waals surface area contributed by atoms with Gasteiger partial charge in [-0.1, -0.05) is 19.8 Å². The Morgan fingerprint density at radius 2 is 2.15 bits per heavy atom. The summed E-state index contributed by atoms with van der Waals surface area (Å²) in [4.78, 5) is 15.1. The van der Waals surface area contributed by atoms with Crippen molar-refractivity contribution in [1.29, 1.82) is 0 Å². The highest BCUT2D eigenvalue weighted by Crippen LogP contribution is 2.48. The Balaban J connectivity index is 1.68. The number of nitrogens with one attached hydrogen (secondary N) is 1. The summed E-state index contributed by atoms with van der Waals surface area (Å²) in [5, 5.41) is 7.94. The molecule has 108 valence electrons. The molecule has 0 aromatic carbocycles. The maximum Gasteiger partial charge on any atom is 0.244 e. The highest BCUT2D eigenvalue weighted by molar-refractivity contribution is 7.08. The fourth-order valence-corrected chi connectivity index (χ4v) is 4.65. The topological polar surface area (TPSA) is 32.3 Å². The molecule has 3 unspecified atom stereocenters. The fraction of sp³-hybridized carbons (Fsp3) is 0.688. The van der Waals surface area contributed by atoms with Gasteiger partial charge in [0.2, 0.25) is 5.91 Å². The van der Waals surface area contributed by atoms with Crippen molar-refractivity contribution in [3.05, 3.63) is 22.4 Å². The summed E-state index contributed by atoms with van der Waals surface area (Å²) in [6, 6.07) is 2.59. The standard InChI is InChI=1S/C16H22N2OS/c1-11-4-2-3-5-13(11)18-14(12-6-9-20-10-12)17-16(7-8-16)15(18)19/h6,9-11,13-14,17H,2-5,7-8H2,1H3. The molecule has 0 bridgehead atoms. The predicted octanol–water partition coefficient (Wildman–Crippen LogP) is 3.29. The van der Waals surface area contributed by atoms with Crippen LogP contribution >= 0.6 is 11.3 Å². The third kappa shape index (κ3) is 1.85. The van der Waals surface area contributed by atoms with Crippen LogP contribution in [0, 0.1) is 5.92 Å². The molecule has 1 saturated heterocycles. The summed E-state index contributed by atoms with van der Waals surface area (Å²) in [5.74, 6) is 0.997. The lowest BCUT2D eigenvalue weighted by Gasteiger charge is -2.39. The molecule has 2 saturated carbocycles. The SMILES string of the molecule is CC1CCCCC1N1C(=O)C2(CC2)NC1c1ccsc1. The third-order valence-corrected chi connectivity index (χ3v) is 6.07. The van der Waals surface area contributed by atoms with Crippen molar-refractivity contribution >= 4 is 17.2 Å². The number of rotatable bonds is 2. The van der Waals surface area contributed by atoms with Gasteiger partial charge in [0.05, 0.1) is 0 Å². The molecule has 2 aliphatic carbocycles. The summed E-state index contributed by atoms with van der Waals surface area (Å²) in [7, 11) is 0. The van der Waals surface area contributed by atoms with E-state index in [1.54, 1.807) is 11.3 Å². The largest absolute Gasteiger partial charge is 0.318 e. The van der Waals surface area contributed by atoms with Gasteiger partial charge in [0.25, 0.3) is 0 Å². The molecule has 1 N–H and O–H groups in total. The first-order chi connectivity index (χ1) is 9.71. The molecule has 1 spiro atoms. The lowest BCUT2D eigenvalue weighted by Crippen LogP contribution is -2.45. The van der Waals surface area contributed by atoms with Crippen molar-refractivity contribution in [1.82, 2.24) is 10.2 Å². The molecule has 4 heteroatoms. The zero-order valence-electron chi connectivity index (χ0n) is 12.0. The van der Waals surface area contributed by atoms with Crippen molar-refractivity contribution in [3.63, 3.8) is 0 Å². The lowest BCUT2D eigenvalue weighted by molar-refractivity contribution is -0.134. The first kappa shape index (κ1) is 12.8. The van der Waals surface area contributed by atoms with E-state index in [0.717, 1.165) is 12.8 Å². The van der Waals surface area contributed by atoms with Crippen LogP contribution < -0.4 is 5.32 Å². The van der Waals surface area contributed by atoms with Crippen molar-refractivity contribution < 1.29 is 4.79 Å². The second-order valence-corrected chi connectivity index (χ2v) is 7.51. The van der Waals surface area contributed by atoms with Crippen LogP contribution in [-0.4, -0.2) is 22.4 Å². The molecule has 2 heterocycles. The molecule has 1 aliphatic heterocycles. The van der Waals surface area contributed by atoms with Gasteiger partial charge >= 0.3 is 0 Å². The van der Waals surface area contributed by atoms with E-state index in [9.17, 15) is 4.79 Å². The van der Waals surface area contributed by atoms with Crippen LogP contribution in [0.15, 0.2) is 16.8 Å². The summed E-state index contributed by atoms with van der Waals surface area (Å²) < 4.78 is 0. The summed E-state index contributed by atoms with van der Waals surface area (Å²) in [6.07, 6.45) is 7.17. The normalized spacial score (nSPS) is 35.8. The molecule has 3 fully saturated rings. The highest BCUT2D eigenvalue weighted by atomic mass is 32.1. The van der Waals surface area contributed by atoms with Gasteiger partial charge in [0, 0.05) is 6.04 Å². The number of thiophene rings is 1. The van der Waals surface area contributed by atoms with Crippen LogP contribution in [0.25, 0.3) is 0 Å². The van der Waals surface area contributed by atoms with Crippen LogP contribution in [0.4, 0.5) is 0 Å². The van der Waals surface area contributed by atoms with Gasteiger partial charge in [0.1, 0.15) is 11.7 Å². The van der Waals surface area contributed by atoms with Gasteiger partial charge in [-0.15, -0.1) is 0 Å². The van der Waals surface area contributed by atoms with E-state index in [4.69, 9.17) is 0 Å². The zero-order valence-corrected chi connectivity index (χ0v) is 12.8. The van der Waals surface area contributed by atoms with Crippen molar-refractivity contribution in [2.24, 2.45) is 5.92 Å². The van der Waals surface area contributed by atoms with E-state index in [1.165, 1.54) is 31.2 Å². The van der Waals surface area contributed by atoms with E-state index in [1.807, 2.05) is 0 Å². The maximum absolute atomic E-state index is 12.9. The molecule has 0 radical (unpaired) electrons. The van der Waals surface area contributed by atoms with Crippen LogP contribution in [0.1, 0.15) is 57.2 Å². The minimum absolute atomic E-state index is 0.113. The first-order valence-corrected chi connectivity index (χ1v) is 8.78. The molecule has 3 aliphatic rings. The predicted molar refractivity (Wildman–Crippen MR) is 80.4 cm³/mol. The minimum atomic E-state index is -0.205. The number of carbonyl (C=O) groups excluding carboxylic acids is 1. The molecule has 20 heavy (non-hydrogen) atoms. The number of nitrogens with zero attached hydrogens (tertiary/aromatic N) is 1. The van der Waals surface area contributed by atoms with E-state index < -0.39 is 0 Å². The van der Waals surface area contributed by atoms with E-state index in [0.29, 0.717) is 17.9 Å².